The van der Waals surface area contributed by atoms with E-state index >= 15 is 0 Å². The smallest absolute Gasteiger partial charge is 0.229 e. The van der Waals surface area contributed by atoms with Gasteiger partial charge in [0.2, 0.25) is 10.0 Å². The van der Waals surface area contributed by atoms with Gasteiger partial charge in [-0.2, -0.15) is 0 Å². The van der Waals surface area contributed by atoms with Gasteiger partial charge in [-0.05, 0) is 38.1 Å². The second-order valence-electron chi connectivity index (χ2n) is 8.55. The fourth-order valence-electron chi connectivity index (χ4n) is 3.12. The zero-order chi connectivity index (χ0) is 21.4. The number of nitrogens with one attached hydrogen (secondary N) is 1. The Hall–Kier alpha value is -2.56. The molecule has 0 fully saturated rings. The summed E-state index contributed by atoms with van der Waals surface area (Å²) in [5.74, 6) is 3.35. The monoisotopic (exact) mass is 425 g/mol. The molecule has 3 rings (SSSR count). The second-order valence-corrected chi connectivity index (χ2v) is 15.0. The van der Waals surface area contributed by atoms with Crippen LogP contribution in [0.5, 0.6) is 0 Å². The number of hydrogen-bond donors (Lipinski definition) is 1. The molecule has 0 amide bonds. The second kappa shape index (κ2) is 7.69. The first-order chi connectivity index (χ1) is 13.4. The topological polar surface area (TPSA) is 64.0 Å². The van der Waals surface area contributed by atoms with E-state index in [1.807, 2.05) is 24.3 Å². The first-order valence-corrected chi connectivity index (χ1v) is 14.9. The number of anilines is 1. The molecule has 0 bridgehead atoms. The van der Waals surface area contributed by atoms with E-state index in [9.17, 15) is 8.42 Å². The number of rotatable bonds is 4. The number of benzene rings is 1. The van der Waals surface area contributed by atoms with Crippen molar-refractivity contribution < 1.29 is 8.42 Å². The summed E-state index contributed by atoms with van der Waals surface area (Å²) >= 11 is 0. The minimum Gasteiger partial charge on any atom is -0.344 e. The lowest BCUT2D eigenvalue weighted by molar-refractivity contribution is 0.607. The van der Waals surface area contributed by atoms with Gasteiger partial charge in [-0.1, -0.05) is 31.6 Å². The van der Waals surface area contributed by atoms with Gasteiger partial charge in [-0.15, -0.1) is 5.54 Å². The van der Waals surface area contributed by atoms with Crippen molar-refractivity contribution in [2.75, 3.05) is 11.0 Å². The molecule has 0 unspecified atom stereocenters. The van der Waals surface area contributed by atoms with Crippen LogP contribution in [0.3, 0.4) is 0 Å². The third-order valence-corrected chi connectivity index (χ3v) is 5.81. The maximum atomic E-state index is 11.6. The zero-order valence-corrected chi connectivity index (χ0v) is 19.6. The summed E-state index contributed by atoms with van der Waals surface area (Å²) in [6.07, 6.45) is 5.02. The van der Waals surface area contributed by atoms with Crippen LogP contribution < -0.4 is 4.72 Å². The molecular formula is C22H27N3O2SSi. The number of fused-ring (bicyclic) bond motifs is 1. The number of nitrogens with zero attached hydrogens (tertiary/aromatic N) is 2. The molecule has 0 aliphatic carbocycles. The Bertz CT molecular complexity index is 1230. The first-order valence-electron chi connectivity index (χ1n) is 9.55. The summed E-state index contributed by atoms with van der Waals surface area (Å²) in [6.45, 7) is 10.9. The Morgan fingerprint density at radius 3 is 2.52 bits per heavy atom. The molecule has 1 aromatic carbocycles. The van der Waals surface area contributed by atoms with Gasteiger partial charge >= 0.3 is 0 Å². The molecule has 0 spiro atoms. The van der Waals surface area contributed by atoms with E-state index in [-0.39, 0.29) is 6.04 Å². The van der Waals surface area contributed by atoms with Crippen molar-refractivity contribution in [3.63, 3.8) is 0 Å². The lowest BCUT2D eigenvalue weighted by Gasteiger charge is -2.10. The van der Waals surface area contributed by atoms with Gasteiger partial charge in [0.05, 0.1) is 28.7 Å². The van der Waals surface area contributed by atoms with Crippen LogP contribution in [-0.2, 0) is 10.0 Å². The molecule has 0 atom stereocenters. The summed E-state index contributed by atoms with van der Waals surface area (Å²) in [5, 5.41) is 1.02. The van der Waals surface area contributed by atoms with Crippen molar-refractivity contribution in [3.8, 4) is 22.7 Å². The van der Waals surface area contributed by atoms with Crippen molar-refractivity contribution >= 4 is 34.7 Å². The molecule has 0 aliphatic heterocycles. The SMILES string of the molecule is CC(C)n1cc(-c2ncccc2C#C[Si](C)(C)C)c2ccc(NS(C)(=O)=O)cc21. The van der Waals surface area contributed by atoms with Crippen LogP contribution in [0.4, 0.5) is 5.69 Å². The standard InChI is InChI=1S/C22H27N3O2SSi/c1-16(2)25-15-20(19-10-9-18(14-21(19)25)24-28(3,26)27)22-17(8-7-12-23-22)11-13-29(4,5)6/h7-10,12,14-16,24H,1-6H3. The molecule has 0 radical (unpaired) electrons. The van der Waals surface area contributed by atoms with Crippen molar-refractivity contribution in [2.45, 2.75) is 39.5 Å². The molecule has 29 heavy (non-hydrogen) atoms. The Morgan fingerprint density at radius 1 is 1.17 bits per heavy atom. The van der Waals surface area contributed by atoms with Gasteiger partial charge in [0, 0.05) is 29.4 Å². The van der Waals surface area contributed by atoms with Crippen LogP contribution in [0.1, 0.15) is 25.5 Å². The van der Waals surface area contributed by atoms with Crippen molar-refractivity contribution in [3.05, 3.63) is 48.3 Å². The number of aromatic nitrogens is 2. The summed E-state index contributed by atoms with van der Waals surface area (Å²) in [6, 6.07) is 9.73. The molecule has 5 nitrogen and oxygen atoms in total. The Morgan fingerprint density at radius 2 is 1.90 bits per heavy atom. The Kier molecular flexibility index (Phi) is 5.61. The highest BCUT2D eigenvalue weighted by Crippen LogP contribution is 2.34. The molecule has 0 aliphatic rings. The molecule has 0 saturated heterocycles. The van der Waals surface area contributed by atoms with Crippen molar-refractivity contribution in [1.29, 1.82) is 0 Å². The highest BCUT2D eigenvalue weighted by molar-refractivity contribution is 7.92. The predicted octanol–water partition coefficient (Wildman–Crippen LogP) is 4.88. The summed E-state index contributed by atoms with van der Waals surface area (Å²) in [4.78, 5) is 4.64. The van der Waals surface area contributed by atoms with Gasteiger partial charge in [0.25, 0.3) is 0 Å². The van der Waals surface area contributed by atoms with E-state index in [1.54, 1.807) is 12.3 Å². The molecule has 2 heterocycles. The highest BCUT2D eigenvalue weighted by Gasteiger charge is 2.17. The van der Waals surface area contributed by atoms with E-state index in [1.165, 1.54) is 0 Å². The van der Waals surface area contributed by atoms with E-state index < -0.39 is 18.1 Å². The Labute approximate surface area is 174 Å². The molecule has 7 heteroatoms. The average molecular weight is 426 g/mol. The van der Waals surface area contributed by atoms with Crippen LogP contribution in [0, 0.1) is 11.5 Å². The van der Waals surface area contributed by atoms with Crippen LogP contribution in [0.2, 0.25) is 19.6 Å². The fourth-order valence-corrected chi connectivity index (χ4v) is 4.19. The van der Waals surface area contributed by atoms with Gasteiger partial charge in [0.15, 0.2) is 0 Å². The quantitative estimate of drug-likeness (QED) is 0.478. The van der Waals surface area contributed by atoms with Crippen molar-refractivity contribution in [2.24, 2.45) is 0 Å². The van der Waals surface area contributed by atoms with E-state index in [0.717, 1.165) is 34.0 Å². The van der Waals surface area contributed by atoms with Crippen LogP contribution in [-0.4, -0.2) is 32.3 Å². The number of hydrogen-bond acceptors (Lipinski definition) is 3. The maximum absolute atomic E-state index is 11.6. The van der Waals surface area contributed by atoms with Crippen molar-refractivity contribution in [1.82, 2.24) is 9.55 Å². The summed E-state index contributed by atoms with van der Waals surface area (Å²) in [5.41, 5.74) is 7.70. The lowest BCUT2D eigenvalue weighted by atomic mass is 10.1. The average Bonchev–Trinajstić information content (AvgIpc) is 2.97. The fraction of sp³-hybridized carbons (Fsp3) is 0.318. The Balaban J connectivity index is 2.23. The molecule has 0 saturated carbocycles. The molecule has 3 aromatic rings. The normalized spacial score (nSPS) is 12.1. The van der Waals surface area contributed by atoms with E-state index in [2.05, 4.69) is 65.4 Å². The number of sulfonamides is 1. The predicted molar refractivity (Wildman–Crippen MR) is 124 cm³/mol. The number of pyridine rings is 1. The van der Waals surface area contributed by atoms with Crippen LogP contribution in [0.25, 0.3) is 22.2 Å². The third kappa shape index (κ3) is 5.08. The van der Waals surface area contributed by atoms with Gasteiger partial charge in [0.1, 0.15) is 8.07 Å². The summed E-state index contributed by atoms with van der Waals surface area (Å²) in [7, 11) is -4.86. The molecular weight excluding hydrogens is 398 g/mol. The van der Waals surface area contributed by atoms with Crippen LogP contribution >= 0.6 is 0 Å². The summed E-state index contributed by atoms with van der Waals surface area (Å²) < 4.78 is 28.0. The molecule has 1 N–H and O–H groups in total. The lowest BCUT2D eigenvalue weighted by Crippen LogP contribution is -2.16. The van der Waals surface area contributed by atoms with E-state index in [4.69, 9.17) is 0 Å². The minimum absolute atomic E-state index is 0.208. The minimum atomic E-state index is -3.34. The van der Waals surface area contributed by atoms with E-state index in [0.29, 0.717) is 5.69 Å². The zero-order valence-electron chi connectivity index (χ0n) is 17.7. The van der Waals surface area contributed by atoms with Gasteiger partial charge in [-0.25, -0.2) is 8.42 Å². The van der Waals surface area contributed by atoms with Crippen LogP contribution in [0.15, 0.2) is 42.7 Å². The largest absolute Gasteiger partial charge is 0.344 e. The first kappa shape index (κ1) is 21.2. The molecule has 2 aromatic heterocycles. The van der Waals surface area contributed by atoms with Gasteiger partial charge < -0.3 is 4.57 Å². The molecule has 152 valence electrons. The highest BCUT2D eigenvalue weighted by atomic mass is 32.2. The van der Waals surface area contributed by atoms with Gasteiger partial charge in [-0.3, -0.25) is 9.71 Å². The third-order valence-electron chi connectivity index (χ3n) is 4.33. The maximum Gasteiger partial charge on any atom is 0.229 e.